The van der Waals surface area contributed by atoms with E-state index in [1.165, 1.54) is 6.39 Å². The van der Waals surface area contributed by atoms with E-state index >= 15 is 0 Å². The van der Waals surface area contributed by atoms with E-state index in [0.29, 0.717) is 11.7 Å². The van der Waals surface area contributed by atoms with Gasteiger partial charge in [0.15, 0.2) is 12.2 Å². The van der Waals surface area contributed by atoms with E-state index in [-0.39, 0.29) is 11.8 Å². The van der Waals surface area contributed by atoms with Crippen LogP contribution < -0.4 is 5.32 Å². The number of oxazole rings is 1. The van der Waals surface area contributed by atoms with Crippen LogP contribution >= 0.6 is 0 Å². The minimum atomic E-state index is 0.000684. The third-order valence-corrected chi connectivity index (χ3v) is 3.48. The molecular formula is C15H12N4O2. The molecule has 3 aromatic rings. The summed E-state index contributed by atoms with van der Waals surface area (Å²) in [5.74, 6) is 1.15. The third-order valence-electron chi connectivity index (χ3n) is 3.48. The van der Waals surface area contributed by atoms with Crippen LogP contribution in [0, 0.1) is 5.92 Å². The Hall–Kier alpha value is -2.76. The van der Waals surface area contributed by atoms with Crippen molar-refractivity contribution < 1.29 is 9.21 Å². The van der Waals surface area contributed by atoms with Gasteiger partial charge in [-0.25, -0.2) is 15.0 Å². The fraction of sp³-hybridized carbons (Fsp3) is 0.200. The summed E-state index contributed by atoms with van der Waals surface area (Å²) in [5, 5.41) is 3.66. The van der Waals surface area contributed by atoms with Crippen LogP contribution in [0.2, 0.25) is 0 Å². The lowest BCUT2D eigenvalue weighted by Gasteiger charge is -2.04. The molecule has 21 heavy (non-hydrogen) atoms. The molecule has 0 saturated heterocycles. The maximum atomic E-state index is 11.8. The van der Waals surface area contributed by atoms with Gasteiger partial charge in [-0.05, 0) is 18.9 Å². The Labute approximate surface area is 120 Å². The Bertz CT molecular complexity index is 810. The number of carbonyl (C=O) groups excluding carboxylic acids is 1. The van der Waals surface area contributed by atoms with Gasteiger partial charge in [-0.3, -0.25) is 10.1 Å². The van der Waals surface area contributed by atoms with E-state index in [4.69, 9.17) is 4.42 Å². The van der Waals surface area contributed by atoms with Crippen LogP contribution in [0.25, 0.3) is 22.2 Å². The zero-order valence-corrected chi connectivity index (χ0v) is 11.1. The molecule has 0 aliphatic heterocycles. The van der Waals surface area contributed by atoms with Gasteiger partial charge in [0.1, 0.15) is 0 Å². The highest BCUT2D eigenvalue weighted by atomic mass is 16.3. The standard InChI is InChI=1S/C15H12N4O2/c20-14(9-1-2-9)19-15-17-6-11-4-3-10(5-12(11)18-15)13-7-16-8-21-13/h3-9H,1-2H2,(H,17,18,19,20). The van der Waals surface area contributed by atoms with Crippen LogP contribution in [0.4, 0.5) is 5.95 Å². The quantitative estimate of drug-likeness (QED) is 0.797. The summed E-state index contributed by atoms with van der Waals surface area (Å²) < 4.78 is 5.28. The Morgan fingerprint density at radius 3 is 2.95 bits per heavy atom. The maximum Gasteiger partial charge on any atom is 0.229 e. The molecule has 0 atom stereocenters. The minimum absolute atomic E-state index is 0.000684. The van der Waals surface area contributed by atoms with Crippen molar-refractivity contribution in [1.29, 1.82) is 0 Å². The molecule has 1 amide bonds. The summed E-state index contributed by atoms with van der Waals surface area (Å²) in [5.41, 5.74) is 1.64. The van der Waals surface area contributed by atoms with Gasteiger partial charge in [0, 0.05) is 23.1 Å². The van der Waals surface area contributed by atoms with Gasteiger partial charge >= 0.3 is 0 Å². The number of nitrogens with zero attached hydrogens (tertiary/aromatic N) is 3. The van der Waals surface area contributed by atoms with Gasteiger partial charge < -0.3 is 4.42 Å². The normalized spacial score (nSPS) is 14.3. The molecule has 1 saturated carbocycles. The summed E-state index contributed by atoms with van der Waals surface area (Å²) in [6.45, 7) is 0. The smallest absolute Gasteiger partial charge is 0.229 e. The minimum Gasteiger partial charge on any atom is -0.444 e. The lowest BCUT2D eigenvalue weighted by Crippen LogP contribution is -2.15. The van der Waals surface area contributed by atoms with Gasteiger partial charge in [0.25, 0.3) is 0 Å². The number of rotatable bonds is 3. The Morgan fingerprint density at radius 1 is 1.29 bits per heavy atom. The van der Waals surface area contributed by atoms with E-state index in [1.54, 1.807) is 12.4 Å². The molecule has 1 aliphatic carbocycles. The van der Waals surface area contributed by atoms with Gasteiger partial charge in [-0.15, -0.1) is 0 Å². The second-order valence-electron chi connectivity index (χ2n) is 5.10. The predicted octanol–water partition coefficient (Wildman–Crippen LogP) is 2.63. The number of anilines is 1. The topological polar surface area (TPSA) is 80.9 Å². The molecule has 1 fully saturated rings. The van der Waals surface area contributed by atoms with Gasteiger partial charge in [0.2, 0.25) is 11.9 Å². The number of nitrogens with one attached hydrogen (secondary N) is 1. The van der Waals surface area contributed by atoms with Crippen molar-refractivity contribution in [2.45, 2.75) is 12.8 Å². The number of hydrogen-bond acceptors (Lipinski definition) is 5. The Morgan fingerprint density at radius 2 is 2.19 bits per heavy atom. The Balaban J connectivity index is 1.69. The highest BCUT2D eigenvalue weighted by molar-refractivity contribution is 5.93. The van der Waals surface area contributed by atoms with Crippen LogP contribution in [0.3, 0.4) is 0 Å². The molecule has 0 spiro atoms. The van der Waals surface area contributed by atoms with Crippen molar-refractivity contribution in [3.63, 3.8) is 0 Å². The fourth-order valence-electron chi connectivity index (χ4n) is 2.15. The van der Waals surface area contributed by atoms with Gasteiger partial charge in [-0.2, -0.15) is 0 Å². The van der Waals surface area contributed by atoms with Crippen LogP contribution in [0.1, 0.15) is 12.8 Å². The summed E-state index contributed by atoms with van der Waals surface area (Å²) >= 11 is 0. The lowest BCUT2D eigenvalue weighted by atomic mass is 10.1. The van der Waals surface area contributed by atoms with Crippen LogP contribution in [-0.2, 0) is 4.79 Å². The van der Waals surface area contributed by atoms with E-state index in [1.807, 2.05) is 18.2 Å². The summed E-state index contributed by atoms with van der Waals surface area (Å²) in [7, 11) is 0. The molecule has 1 aliphatic rings. The van der Waals surface area contributed by atoms with Crippen LogP contribution in [-0.4, -0.2) is 20.9 Å². The second-order valence-corrected chi connectivity index (χ2v) is 5.10. The monoisotopic (exact) mass is 280 g/mol. The van der Waals surface area contributed by atoms with Crippen molar-refractivity contribution >= 4 is 22.8 Å². The second kappa shape index (κ2) is 4.66. The van der Waals surface area contributed by atoms with Gasteiger partial charge in [0.05, 0.1) is 11.7 Å². The molecule has 1 aromatic carbocycles. The molecule has 0 bridgehead atoms. The number of amides is 1. The van der Waals surface area contributed by atoms with E-state index in [9.17, 15) is 4.79 Å². The molecule has 2 heterocycles. The van der Waals surface area contributed by atoms with E-state index < -0.39 is 0 Å². The number of aromatic nitrogens is 3. The molecule has 2 aromatic heterocycles. The van der Waals surface area contributed by atoms with Crippen molar-refractivity contribution in [2.24, 2.45) is 5.92 Å². The zero-order valence-electron chi connectivity index (χ0n) is 11.1. The average Bonchev–Trinajstić information content (AvgIpc) is 3.22. The largest absolute Gasteiger partial charge is 0.444 e. The summed E-state index contributed by atoms with van der Waals surface area (Å²) in [6, 6.07) is 5.73. The molecule has 0 unspecified atom stereocenters. The maximum absolute atomic E-state index is 11.8. The van der Waals surface area contributed by atoms with Crippen molar-refractivity contribution in [3.8, 4) is 11.3 Å². The SMILES string of the molecule is O=C(Nc1ncc2ccc(-c3cnco3)cc2n1)C1CC1. The predicted molar refractivity (Wildman–Crippen MR) is 76.4 cm³/mol. The number of benzene rings is 1. The number of hydrogen-bond donors (Lipinski definition) is 1. The first-order valence-electron chi connectivity index (χ1n) is 6.76. The van der Waals surface area contributed by atoms with Crippen molar-refractivity contribution in [2.75, 3.05) is 5.32 Å². The molecule has 4 rings (SSSR count). The first-order valence-corrected chi connectivity index (χ1v) is 6.76. The third kappa shape index (κ3) is 2.35. The van der Waals surface area contributed by atoms with Crippen molar-refractivity contribution in [3.05, 3.63) is 37.0 Å². The number of fused-ring (bicyclic) bond motifs is 1. The van der Waals surface area contributed by atoms with E-state index in [0.717, 1.165) is 29.3 Å². The van der Waals surface area contributed by atoms with Crippen molar-refractivity contribution in [1.82, 2.24) is 15.0 Å². The molecule has 0 radical (unpaired) electrons. The first-order chi connectivity index (χ1) is 10.3. The van der Waals surface area contributed by atoms with Crippen LogP contribution in [0.5, 0.6) is 0 Å². The van der Waals surface area contributed by atoms with E-state index in [2.05, 4.69) is 20.3 Å². The van der Waals surface area contributed by atoms with Gasteiger partial charge in [-0.1, -0.05) is 12.1 Å². The molecule has 1 N–H and O–H groups in total. The highest BCUT2D eigenvalue weighted by Gasteiger charge is 2.30. The Kier molecular flexibility index (Phi) is 2.67. The average molecular weight is 280 g/mol. The zero-order chi connectivity index (χ0) is 14.2. The number of carbonyl (C=O) groups is 1. The first kappa shape index (κ1) is 12.0. The molecule has 6 heteroatoms. The summed E-state index contributed by atoms with van der Waals surface area (Å²) in [6.07, 6.45) is 6.65. The fourth-order valence-corrected chi connectivity index (χ4v) is 2.15. The molecular weight excluding hydrogens is 268 g/mol. The summed E-state index contributed by atoms with van der Waals surface area (Å²) in [4.78, 5) is 24.2. The van der Waals surface area contributed by atoms with Crippen LogP contribution in [0.15, 0.2) is 41.4 Å². The molecule has 104 valence electrons. The molecule has 6 nitrogen and oxygen atoms in total. The lowest BCUT2D eigenvalue weighted by molar-refractivity contribution is -0.117. The highest BCUT2D eigenvalue weighted by Crippen LogP contribution is 2.30.